The number of aryl methyl sites for hydroxylation is 1. The third-order valence-electron chi connectivity index (χ3n) is 4.54. The number of aliphatic hydroxyl groups excluding tert-OH is 1. The fourth-order valence-electron chi connectivity index (χ4n) is 3.17. The molecule has 0 bridgehead atoms. The third-order valence-corrected chi connectivity index (χ3v) is 4.54. The Balaban J connectivity index is 1.50. The van der Waals surface area contributed by atoms with E-state index in [0.29, 0.717) is 44.5 Å². The summed E-state index contributed by atoms with van der Waals surface area (Å²) in [5.74, 6) is 0.478. The van der Waals surface area contributed by atoms with Gasteiger partial charge in [-0.2, -0.15) is 0 Å². The summed E-state index contributed by atoms with van der Waals surface area (Å²) in [6, 6.07) is 8.20. The molecule has 1 fully saturated rings. The van der Waals surface area contributed by atoms with Crippen molar-refractivity contribution in [2.24, 2.45) is 5.92 Å². The molecule has 1 aliphatic heterocycles. The largest absolute Gasteiger partial charge is 0.391 e. The number of hydrogen-bond donors (Lipinski definition) is 1. The lowest BCUT2D eigenvalue weighted by Gasteiger charge is -2.36. The summed E-state index contributed by atoms with van der Waals surface area (Å²) in [5, 5.41) is 14.0. The van der Waals surface area contributed by atoms with Gasteiger partial charge in [0.1, 0.15) is 11.6 Å². The normalized spacial score (nSPS) is 21.0. The van der Waals surface area contributed by atoms with Crippen molar-refractivity contribution in [3.8, 4) is 0 Å². The van der Waals surface area contributed by atoms with E-state index in [9.17, 15) is 14.3 Å². The zero-order valence-corrected chi connectivity index (χ0v) is 13.4. The predicted molar refractivity (Wildman–Crippen MR) is 85.6 cm³/mol. The van der Waals surface area contributed by atoms with Crippen LogP contribution in [-0.2, 0) is 17.6 Å². The maximum Gasteiger partial charge on any atom is 0.223 e. The van der Waals surface area contributed by atoms with Gasteiger partial charge < -0.3 is 14.5 Å². The first-order valence-corrected chi connectivity index (χ1v) is 8.21. The van der Waals surface area contributed by atoms with Crippen molar-refractivity contribution in [3.63, 3.8) is 0 Å². The molecule has 1 aliphatic rings. The van der Waals surface area contributed by atoms with Crippen molar-refractivity contribution < 1.29 is 18.8 Å². The molecule has 0 aliphatic carbocycles. The van der Waals surface area contributed by atoms with E-state index in [1.165, 1.54) is 12.1 Å². The average Bonchev–Trinajstić information content (AvgIpc) is 3.08. The zero-order valence-electron chi connectivity index (χ0n) is 13.4. The maximum atomic E-state index is 13.3. The second kappa shape index (κ2) is 7.57. The van der Waals surface area contributed by atoms with Crippen LogP contribution in [0, 0.1) is 11.7 Å². The Kier molecular flexibility index (Phi) is 5.25. The fraction of sp³-hybridized carbons (Fsp3) is 0.444. The Morgan fingerprint density at radius 2 is 2.29 bits per heavy atom. The Bertz CT molecular complexity index is 675. The van der Waals surface area contributed by atoms with Crippen LogP contribution in [0.5, 0.6) is 0 Å². The van der Waals surface area contributed by atoms with Crippen LogP contribution in [0.15, 0.2) is 41.1 Å². The topological polar surface area (TPSA) is 66.6 Å². The molecule has 3 rings (SSSR count). The van der Waals surface area contributed by atoms with Crippen LogP contribution in [0.4, 0.5) is 4.39 Å². The standard InChI is InChI=1S/C18H21FN2O3/c19-15-3-1-2-13(11-15)10-14-7-9-21(12-17(14)22)18(23)5-4-16-6-8-20-24-16/h1-3,6,8,11,14,17,22H,4-5,7,9-10,12H2/t14-,17-/m1/s1. The quantitative estimate of drug-likeness (QED) is 0.911. The number of carbonyl (C=O) groups excluding carboxylic acids is 1. The molecule has 128 valence electrons. The molecule has 2 aromatic rings. The second-order valence-corrected chi connectivity index (χ2v) is 6.27. The van der Waals surface area contributed by atoms with E-state index in [1.807, 2.05) is 6.07 Å². The van der Waals surface area contributed by atoms with Gasteiger partial charge in [-0.05, 0) is 36.5 Å². The summed E-state index contributed by atoms with van der Waals surface area (Å²) in [6.45, 7) is 0.946. The molecule has 1 aromatic heterocycles. The lowest BCUT2D eigenvalue weighted by atomic mass is 9.87. The van der Waals surface area contributed by atoms with E-state index in [0.717, 1.165) is 5.56 Å². The van der Waals surface area contributed by atoms with Crippen molar-refractivity contribution in [2.45, 2.75) is 31.8 Å². The van der Waals surface area contributed by atoms with Crippen LogP contribution in [0.2, 0.25) is 0 Å². The van der Waals surface area contributed by atoms with Gasteiger partial charge in [-0.1, -0.05) is 17.3 Å². The van der Waals surface area contributed by atoms with Crippen LogP contribution in [-0.4, -0.2) is 40.3 Å². The number of aliphatic hydroxyl groups is 1. The number of β-amino-alcohol motifs (C(OH)–C–C–N with tert-alkyl or cyclic N) is 1. The number of hydrogen-bond acceptors (Lipinski definition) is 4. The molecular formula is C18H21FN2O3. The molecule has 1 saturated heterocycles. The monoisotopic (exact) mass is 332 g/mol. The van der Waals surface area contributed by atoms with Crippen LogP contribution < -0.4 is 0 Å². The Morgan fingerprint density at radius 3 is 3.00 bits per heavy atom. The average molecular weight is 332 g/mol. The van der Waals surface area contributed by atoms with Gasteiger partial charge in [0.15, 0.2) is 0 Å². The maximum absolute atomic E-state index is 13.3. The van der Waals surface area contributed by atoms with Crippen LogP contribution in [0.3, 0.4) is 0 Å². The highest BCUT2D eigenvalue weighted by atomic mass is 19.1. The van der Waals surface area contributed by atoms with Gasteiger partial charge in [0, 0.05) is 32.0 Å². The molecule has 6 heteroatoms. The molecule has 0 unspecified atom stereocenters. The lowest BCUT2D eigenvalue weighted by molar-refractivity contribution is -0.135. The van der Waals surface area contributed by atoms with Gasteiger partial charge in [0.2, 0.25) is 5.91 Å². The van der Waals surface area contributed by atoms with Gasteiger partial charge in [0.05, 0.1) is 12.3 Å². The molecule has 0 saturated carbocycles. The molecule has 1 aromatic carbocycles. The predicted octanol–water partition coefficient (Wildman–Crippen LogP) is 2.20. The number of piperidine rings is 1. The van der Waals surface area contributed by atoms with E-state index in [4.69, 9.17) is 4.52 Å². The summed E-state index contributed by atoms with van der Waals surface area (Å²) in [5.41, 5.74) is 0.879. The van der Waals surface area contributed by atoms with Crippen LogP contribution in [0.25, 0.3) is 0 Å². The highest BCUT2D eigenvalue weighted by Crippen LogP contribution is 2.23. The first-order valence-electron chi connectivity index (χ1n) is 8.21. The molecule has 2 heterocycles. The van der Waals surface area contributed by atoms with Crippen LogP contribution >= 0.6 is 0 Å². The molecular weight excluding hydrogens is 311 g/mol. The van der Waals surface area contributed by atoms with Crippen molar-refractivity contribution in [1.82, 2.24) is 10.1 Å². The van der Waals surface area contributed by atoms with E-state index in [-0.39, 0.29) is 17.6 Å². The van der Waals surface area contributed by atoms with Crippen molar-refractivity contribution in [1.29, 1.82) is 0 Å². The molecule has 0 radical (unpaired) electrons. The summed E-state index contributed by atoms with van der Waals surface area (Å²) in [7, 11) is 0. The van der Waals surface area contributed by atoms with E-state index < -0.39 is 6.10 Å². The summed E-state index contributed by atoms with van der Waals surface area (Å²) in [6.07, 6.45) is 3.16. The van der Waals surface area contributed by atoms with Crippen molar-refractivity contribution >= 4 is 5.91 Å². The summed E-state index contributed by atoms with van der Waals surface area (Å²) < 4.78 is 18.2. The number of likely N-dealkylation sites (tertiary alicyclic amines) is 1. The summed E-state index contributed by atoms with van der Waals surface area (Å²) >= 11 is 0. The molecule has 1 amide bonds. The number of rotatable bonds is 5. The minimum Gasteiger partial charge on any atom is -0.391 e. The highest BCUT2D eigenvalue weighted by molar-refractivity contribution is 5.76. The number of benzene rings is 1. The highest BCUT2D eigenvalue weighted by Gasteiger charge is 2.30. The first kappa shape index (κ1) is 16.6. The molecule has 0 spiro atoms. The third kappa shape index (κ3) is 4.20. The van der Waals surface area contributed by atoms with Gasteiger partial charge in [-0.25, -0.2) is 4.39 Å². The van der Waals surface area contributed by atoms with E-state index >= 15 is 0 Å². The Morgan fingerprint density at radius 1 is 1.42 bits per heavy atom. The van der Waals surface area contributed by atoms with Gasteiger partial charge in [-0.15, -0.1) is 0 Å². The number of aromatic nitrogens is 1. The number of amides is 1. The number of carbonyl (C=O) groups is 1. The van der Waals surface area contributed by atoms with Crippen molar-refractivity contribution in [3.05, 3.63) is 53.7 Å². The molecule has 2 atom stereocenters. The van der Waals surface area contributed by atoms with Crippen molar-refractivity contribution in [2.75, 3.05) is 13.1 Å². The molecule has 24 heavy (non-hydrogen) atoms. The smallest absolute Gasteiger partial charge is 0.223 e. The zero-order chi connectivity index (χ0) is 16.9. The minimum atomic E-state index is -0.587. The van der Waals surface area contributed by atoms with Gasteiger partial charge in [-0.3, -0.25) is 4.79 Å². The number of nitrogens with zero attached hydrogens (tertiary/aromatic N) is 2. The second-order valence-electron chi connectivity index (χ2n) is 6.27. The SMILES string of the molecule is O=C(CCc1ccno1)N1CC[C@H](Cc2cccc(F)c2)[C@H](O)C1. The Labute approximate surface area is 140 Å². The lowest BCUT2D eigenvalue weighted by Crippen LogP contribution is -2.47. The Hall–Kier alpha value is -2.21. The fourth-order valence-corrected chi connectivity index (χ4v) is 3.17. The van der Waals surface area contributed by atoms with E-state index in [1.54, 1.807) is 23.2 Å². The van der Waals surface area contributed by atoms with Crippen LogP contribution in [0.1, 0.15) is 24.2 Å². The minimum absolute atomic E-state index is 0.00894. The first-order chi connectivity index (χ1) is 11.6. The summed E-state index contributed by atoms with van der Waals surface area (Å²) in [4.78, 5) is 13.9. The van der Waals surface area contributed by atoms with E-state index in [2.05, 4.69) is 5.16 Å². The number of halogens is 1. The van der Waals surface area contributed by atoms with Gasteiger partial charge >= 0.3 is 0 Å². The molecule has 5 nitrogen and oxygen atoms in total. The van der Waals surface area contributed by atoms with Gasteiger partial charge in [0.25, 0.3) is 0 Å². The molecule has 1 N–H and O–H groups in total.